The first-order chi connectivity index (χ1) is 5.15. The zero-order valence-corrected chi connectivity index (χ0v) is 7.52. The van der Waals surface area contributed by atoms with E-state index in [9.17, 15) is 0 Å². The van der Waals surface area contributed by atoms with Gasteiger partial charge in [0, 0.05) is 5.70 Å². The Morgan fingerprint density at radius 3 is 2.73 bits per heavy atom. The molecule has 0 radical (unpaired) electrons. The Kier molecular flexibility index (Phi) is 2.28. The van der Waals surface area contributed by atoms with E-state index >= 15 is 0 Å². The highest BCUT2D eigenvalue weighted by Gasteiger charge is 2.13. The topological polar surface area (TPSA) is 12.4 Å². The highest BCUT2D eigenvalue weighted by molar-refractivity contribution is 5.37. The molecule has 1 atom stereocenters. The molecule has 0 aromatic heterocycles. The Labute approximate surface area is 68.5 Å². The van der Waals surface area contributed by atoms with E-state index in [0.717, 1.165) is 12.1 Å². The van der Waals surface area contributed by atoms with E-state index in [1.54, 1.807) is 0 Å². The predicted octanol–water partition coefficient (Wildman–Crippen LogP) is 2.95. The maximum absolute atomic E-state index is 4.00. The van der Waals surface area contributed by atoms with Gasteiger partial charge >= 0.3 is 0 Å². The lowest BCUT2D eigenvalue weighted by Gasteiger charge is -2.19. The molecule has 11 heavy (non-hydrogen) atoms. The van der Waals surface area contributed by atoms with Crippen LogP contribution < -0.4 is 0 Å². The maximum Gasteiger partial charge on any atom is 0.0431 e. The highest BCUT2D eigenvalue weighted by Crippen LogP contribution is 2.28. The summed E-state index contributed by atoms with van der Waals surface area (Å²) in [4.78, 5) is 4.00. The fourth-order valence-electron chi connectivity index (χ4n) is 1.37. The molecule has 0 N–H and O–H groups in total. The molecule has 0 amide bonds. The summed E-state index contributed by atoms with van der Waals surface area (Å²) in [6.07, 6.45) is 3.26. The monoisotopic (exact) mass is 149 g/mol. The van der Waals surface area contributed by atoms with Crippen molar-refractivity contribution in [3.05, 3.63) is 22.9 Å². The van der Waals surface area contributed by atoms with Gasteiger partial charge < -0.3 is 0 Å². The smallest absolute Gasteiger partial charge is 0.0431 e. The second kappa shape index (κ2) is 3.04. The van der Waals surface area contributed by atoms with Crippen LogP contribution in [0.5, 0.6) is 0 Å². The third-order valence-electron chi connectivity index (χ3n) is 2.37. The number of nitrogens with zero attached hydrogens (tertiary/aromatic N) is 1. The van der Waals surface area contributed by atoms with Crippen molar-refractivity contribution in [3.63, 3.8) is 0 Å². The van der Waals surface area contributed by atoms with Gasteiger partial charge in [-0.3, -0.25) is 4.99 Å². The minimum Gasteiger partial charge on any atom is -0.269 e. The summed E-state index contributed by atoms with van der Waals surface area (Å²) in [5.41, 5.74) is 3.88. The number of rotatable bonds is 1. The number of hydrogen-bond acceptors (Lipinski definition) is 1. The largest absolute Gasteiger partial charge is 0.269 e. The quantitative estimate of drug-likeness (QED) is 0.508. The summed E-state index contributed by atoms with van der Waals surface area (Å²) >= 11 is 0. The van der Waals surface area contributed by atoms with Crippen molar-refractivity contribution in [1.82, 2.24) is 0 Å². The Morgan fingerprint density at radius 1 is 1.55 bits per heavy atom. The van der Waals surface area contributed by atoms with Crippen LogP contribution in [0.25, 0.3) is 0 Å². The van der Waals surface area contributed by atoms with Crippen LogP contribution in [0.15, 0.2) is 27.9 Å². The van der Waals surface area contributed by atoms with Crippen LogP contribution in [-0.2, 0) is 0 Å². The standard InChI is InChI=1S/C10H15N/c1-7-5-9(3)10(11-4)6-8(7)2/h5,8H,4,6H2,1-3H3. The fourth-order valence-corrected chi connectivity index (χ4v) is 1.37. The van der Waals surface area contributed by atoms with Gasteiger partial charge in [-0.25, -0.2) is 0 Å². The molecule has 0 fully saturated rings. The van der Waals surface area contributed by atoms with Crippen molar-refractivity contribution < 1.29 is 0 Å². The minimum atomic E-state index is 0.638. The van der Waals surface area contributed by atoms with Gasteiger partial charge in [-0.1, -0.05) is 18.6 Å². The van der Waals surface area contributed by atoms with Gasteiger partial charge in [-0.05, 0) is 38.5 Å². The summed E-state index contributed by atoms with van der Waals surface area (Å²) in [6, 6.07) is 0. The Bertz CT molecular complexity index is 233. The molecule has 0 aromatic rings. The summed E-state index contributed by atoms with van der Waals surface area (Å²) in [5.74, 6) is 0.638. The second-order valence-corrected chi connectivity index (χ2v) is 3.28. The van der Waals surface area contributed by atoms with Crippen molar-refractivity contribution in [2.75, 3.05) is 0 Å². The third kappa shape index (κ3) is 1.59. The SMILES string of the molecule is C=NC1=C(C)C=C(C)C(C)C1. The third-order valence-corrected chi connectivity index (χ3v) is 2.37. The molecule has 1 rings (SSSR count). The maximum atomic E-state index is 4.00. The van der Waals surface area contributed by atoms with Gasteiger partial charge in [-0.2, -0.15) is 0 Å². The van der Waals surface area contributed by atoms with Crippen molar-refractivity contribution in [2.45, 2.75) is 27.2 Å². The summed E-state index contributed by atoms with van der Waals surface area (Å²) < 4.78 is 0. The lowest BCUT2D eigenvalue weighted by atomic mass is 9.89. The second-order valence-electron chi connectivity index (χ2n) is 3.28. The van der Waals surface area contributed by atoms with E-state index in [0.29, 0.717) is 5.92 Å². The van der Waals surface area contributed by atoms with E-state index in [4.69, 9.17) is 0 Å². The molecule has 1 aliphatic carbocycles. The molecule has 0 saturated carbocycles. The first-order valence-corrected chi connectivity index (χ1v) is 4.00. The molecule has 0 saturated heterocycles. The molecule has 1 heteroatoms. The van der Waals surface area contributed by atoms with Crippen molar-refractivity contribution in [2.24, 2.45) is 10.9 Å². The summed E-state index contributed by atoms with van der Waals surface area (Å²) in [7, 11) is 0. The molecule has 0 aliphatic heterocycles. The zero-order valence-electron chi connectivity index (χ0n) is 7.52. The molecule has 1 nitrogen and oxygen atoms in total. The normalized spacial score (nSPS) is 25.0. The Balaban J connectivity index is 2.96. The van der Waals surface area contributed by atoms with Crippen molar-refractivity contribution >= 4 is 6.72 Å². The average Bonchev–Trinajstić information content (AvgIpc) is 1.97. The van der Waals surface area contributed by atoms with Crippen LogP contribution in [0.4, 0.5) is 0 Å². The molecular formula is C10H15N. The average molecular weight is 149 g/mol. The van der Waals surface area contributed by atoms with Gasteiger partial charge in [0.15, 0.2) is 0 Å². The molecule has 0 bridgehead atoms. The molecule has 1 aliphatic rings. The van der Waals surface area contributed by atoms with Crippen LogP contribution >= 0.6 is 0 Å². The van der Waals surface area contributed by atoms with Crippen molar-refractivity contribution in [3.8, 4) is 0 Å². The number of hydrogen-bond donors (Lipinski definition) is 0. The molecule has 1 unspecified atom stereocenters. The zero-order chi connectivity index (χ0) is 8.43. The van der Waals surface area contributed by atoms with E-state index in [2.05, 4.69) is 38.6 Å². The summed E-state index contributed by atoms with van der Waals surface area (Å²) in [6.45, 7) is 10.1. The molecule has 60 valence electrons. The van der Waals surface area contributed by atoms with E-state index in [1.165, 1.54) is 11.1 Å². The van der Waals surface area contributed by atoms with Crippen LogP contribution in [0.1, 0.15) is 27.2 Å². The van der Waals surface area contributed by atoms with Crippen LogP contribution in [-0.4, -0.2) is 6.72 Å². The molecule has 0 heterocycles. The van der Waals surface area contributed by atoms with Gasteiger partial charge in [0.1, 0.15) is 0 Å². The van der Waals surface area contributed by atoms with Crippen LogP contribution in [0.2, 0.25) is 0 Å². The Hall–Kier alpha value is -0.850. The van der Waals surface area contributed by atoms with Gasteiger partial charge in [0.2, 0.25) is 0 Å². The van der Waals surface area contributed by atoms with Crippen LogP contribution in [0.3, 0.4) is 0 Å². The Morgan fingerprint density at radius 2 is 2.18 bits per heavy atom. The number of allylic oxidation sites excluding steroid dienone is 4. The summed E-state index contributed by atoms with van der Waals surface area (Å²) in [5, 5.41) is 0. The molecule has 0 aromatic carbocycles. The lowest BCUT2D eigenvalue weighted by molar-refractivity contribution is 0.651. The highest BCUT2D eigenvalue weighted by atomic mass is 14.7. The fraction of sp³-hybridized carbons (Fsp3) is 0.500. The number of aliphatic imine (C=N–C) groups is 1. The van der Waals surface area contributed by atoms with E-state index in [-0.39, 0.29) is 0 Å². The van der Waals surface area contributed by atoms with Gasteiger partial charge in [-0.15, -0.1) is 0 Å². The lowest BCUT2D eigenvalue weighted by Crippen LogP contribution is -2.04. The predicted molar refractivity (Wildman–Crippen MR) is 49.8 cm³/mol. The van der Waals surface area contributed by atoms with Crippen molar-refractivity contribution in [1.29, 1.82) is 0 Å². The van der Waals surface area contributed by atoms with E-state index in [1.807, 2.05) is 0 Å². The molecule has 0 spiro atoms. The molecular weight excluding hydrogens is 134 g/mol. The van der Waals surface area contributed by atoms with Crippen LogP contribution in [0, 0.1) is 5.92 Å². The first-order valence-electron chi connectivity index (χ1n) is 4.00. The minimum absolute atomic E-state index is 0.638. The van der Waals surface area contributed by atoms with Gasteiger partial charge in [0.05, 0.1) is 0 Å². The first kappa shape index (κ1) is 8.25. The van der Waals surface area contributed by atoms with E-state index < -0.39 is 0 Å². The van der Waals surface area contributed by atoms with Gasteiger partial charge in [0.25, 0.3) is 0 Å².